The fraction of sp³-hybridized carbons (Fsp3) is 0.632. The predicted molar refractivity (Wildman–Crippen MR) is 182 cm³/mol. The number of morpholine rings is 2. The van der Waals surface area contributed by atoms with Crippen molar-refractivity contribution in [2.24, 2.45) is 23.7 Å². The molecule has 2 aliphatic heterocycles. The molecule has 4 rings (SSSR count). The topological polar surface area (TPSA) is 77.5 Å². The fourth-order valence-corrected chi connectivity index (χ4v) is 5.93. The summed E-state index contributed by atoms with van der Waals surface area (Å²) < 4.78 is 23.0. The number of rotatable bonds is 19. The third kappa shape index (κ3) is 12.1. The molecule has 0 radical (unpaired) electrons. The Morgan fingerprint density at radius 1 is 0.587 bits per heavy atom. The molecule has 0 N–H and O–H groups in total. The number of Topliss-reactive ketones (excluding diaryl/α,β-unsaturated/α-hetero) is 2. The largest absolute Gasteiger partial charge is 0.494 e. The van der Waals surface area contributed by atoms with Crippen molar-refractivity contribution < 1.29 is 28.5 Å². The summed E-state index contributed by atoms with van der Waals surface area (Å²) in [5.74, 6) is 2.54. The zero-order chi connectivity index (χ0) is 32.7. The van der Waals surface area contributed by atoms with Gasteiger partial charge in [0.2, 0.25) is 0 Å². The van der Waals surface area contributed by atoms with E-state index in [2.05, 4.69) is 37.5 Å². The lowest BCUT2D eigenvalue weighted by atomic mass is 9.86. The first-order valence-corrected chi connectivity index (χ1v) is 17.4. The van der Waals surface area contributed by atoms with Crippen molar-refractivity contribution >= 4 is 11.6 Å². The molecule has 0 saturated carbocycles. The van der Waals surface area contributed by atoms with E-state index in [0.717, 1.165) is 50.5 Å². The van der Waals surface area contributed by atoms with Crippen LogP contribution in [-0.2, 0) is 9.47 Å². The normalized spacial score (nSPS) is 17.6. The van der Waals surface area contributed by atoms with Crippen LogP contribution in [0, 0.1) is 23.7 Å². The fourth-order valence-electron chi connectivity index (χ4n) is 5.93. The van der Waals surface area contributed by atoms with Gasteiger partial charge >= 0.3 is 0 Å². The zero-order valence-corrected chi connectivity index (χ0v) is 28.6. The van der Waals surface area contributed by atoms with Gasteiger partial charge in [-0.3, -0.25) is 19.4 Å². The Balaban J connectivity index is 1.46. The first-order valence-electron chi connectivity index (χ1n) is 17.4. The van der Waals surface area contributed by atoms with Gasteiger partial charge < -0.3 is 18.9 Å². The average Bonchev–Trinajstić information content (AvgIpc) is 3.06. The molecule has 2 aromatic carbocycles. The van der Waals surface area contributed by atoms with E-state index in [9.17, 15) is 9.59 Å². The molecule has 2 aliphatic rings. The summed E-state index contributed by atoms with van der Waals surface area (Å²) in [4.78, 5) is 32.7. The van der Waals surface area contributed by atoms with Gasteiger partial charge in [-0.1, -0.05) is 27.7 Å². The zero-order valence-electron chi connectivity index (χ0n) is 28.6. The SMILES string of the molecule is CC(C)CCOc1ccc(C(=O)[C@@H](CC[C@@H](CN2CCOCC2)C(=O)c2ccc(OCCC(C)C)cc2)CN2CCOCC2)cc1. The Kier molecular flexibility index (Phi) is 15.0. The summed E-state index contributed by atoms with van der Waals surface area (Å²) in [7, 11) is 0. The number of carbonyl (C=O) groups excluding carboxylic acids is 2. The Morgan fingerprint density at radius 2 is 0.935 bits per heavy atom. The monoisotopic (exact) mass is 636 g/mol. The Morgan fingerprint density at radius 3 is 1.26 bits per heavy atom. The molecule has 0 amide bonds. The molecule has 2 fully saturated rings. The van der Waals surface area contributed by atoms with Crippen molar-refractivity contribution in [3.63, 3.8) is 0 Å². The van der Waals surface area contributed by atoms with E-state index in [1.54, 1.807) is 0 Å². The summed E-state index contributed by atoms with van der Waals surface area (Å²) in [6, 6.07) is 15.2. The lowest BCUT2D eigenvalue weighted by Crippen LogP contribution is -2.42. The van der Waals surface area contributed by atoms with Crippen LogP contribution in [0.2, 0.25) is 0 Å². The smallest absolute Gasteiger partial charge is 0.167 e. The Hall–Kier alpha value is -2.78. The molecule has 0 spiro atoms. The molecule has 8 nitrogen and oxygen atoms in total. The molecule has 2 saturated heterocycles. The second-order valence-corrected chi connectivity index (χ2v) is 13.6. The standard InChI is InChI=1S/C38H56N2O6/c1-29(2)15-21-45-35-11-7-31(8-12-35)37(41)33(27-39-17-23-43-24-18-39)5-6-34(28-40-19-25-44-26-20-40)38(42)32-9-13-36(14-10-32)46-22-16-30(3)4/h7-14,29-30,33-34H,5-6,15-28H2,1-4H3/t33-,34-/m0/s1. The average molecular weight is 637 g/mol. The maximum atomic E-state index is 14.0. The van der Waals surface area contributed by atoms with Crippen LogP contribution in [0.25, 0.3) is 0 Å². The van der Waals surface area contributed by atoms with Gasteiger partial charge in [0.15, 0.2) is 11.6 Å². The minimum Gasteiger partial charge on any atom is -0.494 e. The summed E-state index contributed by atoms with van der Waals surface area (Å²) in [6.45, 7) is 17.3. The van der Waals surface area contributed by atoms with Gasteiger partial charge in [-0.25, -0.2) is 0 Å². The molecular formula is C38H56N2O6. The molecular weight excluding hydrogens is 580 g/mol. The number of benzene rings is 2. The van der Waals surface area contributed by atoms with E-state index < -0.39 is 0 Å². The van der Waals surface area contributed by atoms with Crippen LogP contribution in [0.15, 0.2) is 48.5 Å². The summed E-state index contributed by atoms with van der Waals surface area (Å²) >= 11 is 0. The van der Waals surface area contributed by atoms with Crippen molar-refractivity contribution in [2.45, 2.75) is 53.4 Å². The van der Waals surface area contributed by atoms with Crippen molar-refractivity contribution in [1.29, 1.82) is 0 Å². The Labute approximate surface area is 276 Å². The summed E-state index contributed by atoms with van der Waals surface area (Å²) in [6.07, 6.45) is 3.26. The molecule has 46 heavy (non-hydrogen) atoms. The first-order chi connectivity index (χ1) is 22.3. The van der Waals surface area contributed by atoms with Crippen LogP contribution < -0.4 is 9.47 Å². The van der Waals surface area contributed by atoms with Crippen LogP contribution in [0.1, 0.15) is 74.1 Å². The second-order valence-electron chi connectivity index (χ2n) is 13.6. The van der Waals surface area contributed by atoms with Crippen molar-refractivity contribution in [3.05, 3.63) is 59.7 Å². The van der Waals surface area contributed by atoms with Crippen LogP contribution >= 0.6 is 0 Å². The number of nitrogens with zero attached hydrogens (tertiary/aromatic N) is 2. The third-order valence-electron chi connectivity index (χ3n) is 8.98. The predicted octanol–water partition coefficient (Wildman–Crippen LogP) is 6.28. The number of hydrogen-bond donors (Lipinski definition) is 0. The van der Waals surface area contributed by atoms with Gasteiger partial charge in [-0.15, -0.1) is 0 Å². The molecule has 0 aliphatic carbocycles. The minimum atomic E-state index is -0.220. The van der Waals surface area contributed by atoms with Crippen molar-refractivity contribution in [3.8, 4) is 11.5 Å². The van der Waals surface area contributed by atoms with E-state index in [4.69, 9.17) is 18.9 Å². The maximum Gasteiger partial charge on any atom is 0.167 e. The van der Waals surface area contributed by atoms with Gasteiger partial charge in [0.05, 0.1) is 39.6 Å². The van der Waals surface area contributed by atoms with Gasteiger partial charge in [-0.2, -0.15) is 0 Å². The van der Waals surface area contributed by atoms with Gasteiger partial charge in [0.1, 0.15) is 11.5 Å². The number of ketones is 2. The van der Waals surface area contributed by atoms with Gasteiger partial charge in [-0.05, 0) is 86.1 Å². The highest BCUT2D eigenvalue weighted by Crippen LogP contribution is 2.25. The van der Waals surface area contributed by atoms with Crippen LogP contribution in [0.5, 0.6) is 11.5 Å². The highest BCUT2D eigenvalue weighted by molar-refractivity contribution is 5.99. The molecule has 254 valence electrons. The minimum absolute atomic E-state index is 0.126. The van der Waals surface area contributed by atoms with E-state index in [-0.39, 0.29) is 23.4 Å². The lowest BCUT2D eigenvalue weighted by Gasteiger charge is -2.32. The van der Waals surface area contributed by atoms with Crippen molar-refractivity contribution in [1.82, 2.24) is 9.80 Å². The highest BCUT2D eigenvalue weighted by atomic mass is 16.5. The molecule has 2 atom stereocenters. The van der Waals surface area contributed by atoms with Crippen LogP contribution in [0.3, 0.4) is 0 Å². The third-order valence-corrected chi connectivity index (χ3v) is 8.98. The van der Waals surface area contributed by atoms with Crippen molar-refractivity contribution in [2.75, 3.05) is 78.9 Å². The number of ether oxygens (including phenoxy) is 4. The summed E-state index contributed by atoms with van der Waals surface area (Å²) in [5.41, 5.74) is 1.39. The highest BCUT2D eigenvalue weighted by Gasteiger charge is 2.29. The Bertz CT molecular complexity index is 1080. The lowest BCUT2D eigenvalue weighted by molar-refractivity contribution is 0.0254. The van der Waals surface area contributed by atoms with E-state index >= 15 is 0 Å². The second kappa shape index (κ2) is 19.1. The maximum absolute atomic E-state index is 14.0. The van der Waals surface area contributed by atoms with E-state index in [1.165, 1.54) is 0 Å². The molecule has 0 unspecified atom stereocenters. The molecule has 2 heterocycles. The molecule has 0 aromatic heterocycles. The quantitative estimate of drug-likeness (QED) is 0.167. The number of carbonyl (C=O) groups is 2. The first kappa shape index (κ1) is 36.1. The number of hydrogen-bond acceptors (Lipinski definition) is 8. The molecule has 0 bridgehead atoms. The van der Waals surface area contributed by atoms with Crippen LogP contribution in [-0.4, -0.2) is 100 Å². The summed E-state index contributed by atoms with van der Waals surface area (Å²) in [5, 5.41) is 0. The van der Waals surface area contributed by atoms with E-state index in [1.807, 2.05) is 48.5 Å². The molecule has 8 heteroatoms. The van der Waals surface area contributed by atoms with Gasteiger partial charge in [0, 0.05) is 62.2 Å². The van der Waals surface area contributed by atoms with E-state index in [0.29, 0.717) is 88.5 Å². The van der Waals surface area contributed by atoms with Crippen LogP contribution in [0.4, 0.5) is 0 Å². The molecule has 2 aromatic rings. The van der Waals surface area contributed by atoms with Gasteiger partial charge in [0.25, 0.3) is 0 Å².